The Morgan fingerprint density at radius 2 is 1.79 bits per heavy atom. The lowest BCUT2D eigenvalue weighted by Gasteiger charge is -2.17. The standard InChI is InChI=1S/C22H25N3O2S/c23-18-10-7-11-19(16-18)27-15-5-1-4-14-25(28)22(26)24-21-13-6-9-17-8-2-3-12-20(17)21/h2-3,6-13,16,28H,1,4-5,14-15,23H2,(H,24,26). The summed E-state index contributed by atoms with van der Waals surface area (Å²) in [6.07, 6.45) is 2.70. The molecule has 0 atom stereocenters. The molecule has 3 N–H and O–H groups in total. The molecular formula is C22H25N3O2S. The van der Waals surface area contributed by atoms with Crippen molar-refractivity contribution >= 4 is 41.0 Å². The zero-order valence-corrected chi connectivity index (χ0v) is 16.6. The van der Waals surface area contributed by atoms with Crippen molar-refractivity contribution in [3.63, 3.8) is 0 Å². The molecule has 0 heterocycles. The van der Waals surface area contributed by atoms with Gasteiger partial charge >= 0.3 is 6.03 Å². The van der Waals surface area contributed by atoms with E-state index in [9.17, 15) is 4.79 Å². The molecule has 0 unspecified atom stereocenters. The van der Waals surface area contributed by atoms with Crippen LogP contribution in [0.5, 0.6) is 5.75 Å². The fourth-order valence-corrected chi connectivity index (χ4v) is 3.14. The van der Waals surface area contributed by atoms with Gasteiger partial charge in [0.15, 0.2) is 0 Å². The number of nitrogen functional groups attached to an aromatic ring is 1. The summed E-state index contributed by atoms with van der Waals surface area (Å²) in [5.41, 5.74) is 7.21. The largest absolute Gasteiger partial charge is 0.494 e. The van der Waals surface area contributed by atoms with Gasteiger partial charge in [0.2, 0.25) is 0 Å². The number of nitrogens with zero attached hydrogens (tertiary/aromatic N) is 1. The number of rotatable bonds is 8. The van der Waals surface area contributed by atoms with E-state index >= 15 is 0 Å². The zero-order chi connectivity index (χ0) is 19.8. The van der Waals surface area contributed by atoms with Gasteiger partial charge in [0.1, 0.15) is 5.75 Å². The fraction of sp³-hybridized carbons (Fsp3) is 0.227. The van der Waals surface area contributed by atoms with Gasteiger partial charge in [-0.15, -0.1) is 0 Å². The number of amides is 2. The van der Waals surface area contributed by atoms with Gasteiger partial charge in [0, 0.05) is 23.7 Å². The van der Waals surface area contributed by atoms with Gasteiger partial charge in [0.25, 0.3) is 0 Å². The molecule has 0 radical (unpaired) electrons. The second-order valence-electron chi connectivity index (χ2n) is 6.56. The highest BCUT2D eigenvalue weighted by Crippen LogP contribution is 2.23. The molecule has 0 aromatic heterocycles. The van der Waals surface area contributed by atoms with Gasteiger partial charge in [-0.3, -0.25) is 4.31 Å². The van der Waals surface area contributed by atoms with Crippen molar-refractivity contribution in [2.45, 2.75) is 19.3 Å². The summed E-state index contributed by atoms with van der Waals surface area (Å²) in [5, 5.41) is 5.04. The lowest BCUT2D eigenvalue weighted by molar-refractivity contribution is 0.238. The highest BCUT2D eigenvalue weighted by atomic mass is 32.1. The van der Waals surface area contributed by atoms with Gasteiger partial charge < -0.3 is 15.8 Å². The van der Waals surface area contributed by atoms with Crippen LogP contribution in [0.25, 0.3) is 10.8 Å². The average Bonchev–Trinajstić information content (AvgIpc) is 2.70. The van der Waals surface area contributed by atoms with E-state index in [0.29, 0.717) is 18.8 Å². The molecule has 6 heteroatoms. The summed E-state index contributed by atoms with van der Waals surface area (Å²) in [4.78, 5) is 12.4. The Kier molecular flexibility index (Phi) is 7.03. The number of unbranched alkanes of at least 4 members (excludes halogenated alkanes) is 2. The molecule has 0 fully saturated rings. The van der Waals surface area contributed by atoms with E-state index in [1.54, 1.807) is 0 Å². The number of nitrogens with two attached hydrogens (primary N) is 1. The van der Waals surface area contributed by atoms with Crippen LogP contribution in [0.4, 0.5) is 16.2 Å². The van der Waals surface area contributed by atoms with Crippen LogP contribution < -0.4 is 15.8 Å². The maximum absolute atomic E-state index is 12.4. The number of carbonyl (C=O) groups excluding carboxylic acids is 1. The van der Waals surface area contributed by atoms with Crippen LogP contribution in [0.2, 0.25) is 0 Å². The SMILES string of the molecule is Nc1cccc(OCCCCCN(S)C(=O)Nc2cccc3ccccc23)c1. The molecule has 0 aliphatic heterocycles. The molecule has 0 aliphatic rings. The minimum absolute atomic E-state index is 0.226. The van der Waals surface area contributed by atoms with Crippen molar-refractivity contribution in [1.82, 2.24) is 4.31 Å². The molecule has 0 bridgehead atoms. The summed E-state index contributed by atoms with van der Waals surface area (Å²) >= 11 is 4.32. The van der Waals surface area contributed by atoms with Gasteiger partial charge in [0.05, 0.1) is 12.3 Å². The van der Waals surface area contributed by atoms with Gasteiger partial charge in [-0.05, 0) is 42.8 Å². The third-order valence-electron chi connectivity index (χ3n) is 4.41. The first-order valence-corrected chi connectivity index (χ1v) is 9.77. The van der Waals surface area contributed by atoms with Crippen LogP contribution in [0.1, 0.15) is 19.3 Å². The Hall–Kier alpha value is -2.86. The topological polar surface area (TPSA) is 67.6 Å². The van der Waals surface area contributed by atoms with Crippen LogP contribution >= 0.6 is 12.8 Å². The Morgan fingerprint density at radius 1 is 1.00 bits per heavy atom. The summed E-state index contributed by atoms with van der Waals surface area (Å²) in [5.74, 6) is 0.783. The predicted octanol–water partition coefficient (Wildman–Crippen LogP) is 5.35. The number of carbonyl (C=O) groups is 1. The lowest BCUT2D eigenvalue weighted by Crippen LogP contribution is -2.28. The Balaban J connectivity index is 1.38. The van der Waals surface area contributed by atoms with E-state index in [4.69, 9.17) is 10.5 Å². The van der Waals surface area contributed by atoms with E-state index in [2.05, 4.69) is 18.1 Å². The van der Waals surface area contributed by atoms with Crippen molar-refractivity contribution in [1.29, 1.82) is 0 Å². The first kappa shape index (κ1) is 19.9. The normalized spacial score (nSPS) is 10.6. The zero-order valence-electron chi connectivity index (χ0n) is 15.7. The molecule has 0 aliphatic carbocycles. The third kappa shape index (κ3) is 5.57. The summed E-state index contributed by atoms with van der Waals surface area (Å²) < 4.78 is 7.09. The quantitative estimate of drug-likeness (QED) is 0.274. The monoisotopic (exact) mass is 395 g/mol. The summed E-state index contributed by atoms with van der Waals surface area (Å²) in [6, 6.07) is 21.0. The third-order valence-corrected chi connectivity index (χ3v) is 4.79. The number of ether oxygens (including phenoxy) is 1. The minimum atomic E-state index is -0.226. The first-order valence-electron chi connectivity index (χ1n) is 9.37. The average molecular weight is 396 g/mol. The first-order chi connectivity index (χ1) is 13.6. The summed E-state index contributed by atoms with van der Waals surface area (Å²) in [7, 11) is 0. The molecule has 3 rings (SSSR count). The summed E-state index contributed by atoms with van der Waals surface area (Å²) in [6.45, 7) is 1.19. The molecule has 28 heavy (non-hydrogen) atoms. The van der Waals surface area contributed by atoms with Crippen molar-refractivity contribution in [3.8, 4) is 5.75 Å². The molecule has 0 spiro atoms. The Bertz CT molecular complexity index is 927. The van der Waals surface area contributed by atoms with E-state index < -0.39 is 0 Å². The van der Waals surface area contributed by atoms with Crippen LogP contribution in [0.15, 0.2) is 66.7 Å². The molecule has 0 saturated carbocycles. The number of benzene rings is 3. The van der Waals surface area contributed by atoms with Crippen molar-refractivity contribution in [2.75, 3.05) is 24.2 Å². The van der Waals surface area contributed by atoms with E-state index in [1.165, 1.54) is 4.31 Å². The number of anilines is 2. The second-order valence-corrected chi connectivity index (χ2v) is 7.04. The molecule has 3 aromatic carbocycles. The van der Waals surface area contributed by atoms with Crippen LogP contribution in [-0.4, -0.2) is 23.5 Å². The highest BCUT2D eigenvalue weighted by molar-refractivity contribution is 7.78. The lowest BCUT2D eigenvalue weighted by atomic mass is 10.1. The smallest absolute Gasteiger partial charge is 0.331 e. The molecule has 146 valence electrons. The van der Waals surface area contributed by atoms with Crippen LogP contribution in [-0.2, 0) is 0 Å². The molecular weight excluding hydrogens is 370 g/mol. The van der Waals surface area contributed by atoms with Crippen LogP contribution in [0, 0.1) is 0 Å². The second kappa shape index (κ2) is 9.90. The molecule has 2 amide bonds. The number of thiol groups is 1. The van der Waals surface area contributed by atoms with Crippen molar-refractivity contribution in [2.24, 2.45) is 0 Å². The Labute approximate surface area is 171 Å². The highest BCUT2D eigenvalue weighted by Gasteiger charge is 2.11. The number of fused-ring (bicyclic) bond motifs is 1. The molecule has 0 saturated heterocycles. The number of hydrogen-bond donors (Lipinski definition) is 3. The Morgan fingerprint density at radius 3 is 2.64 bits per heavy atom. The fourth-order valence-electron chi connectivity index (χ4n) is 2.95. The predicted molar refractivity (Wildman–Crippen MR) is 119 cm³/mol. The molecule has 3 aromatic rings. The molecule has 5 nitrogen and oxygen atoms in total. The number of urea groups is 1. The van der Waals surface area contributed by atoms with Gasteiger partial charge in [-0.1, -0.05) is 55.3 Å². The van der Waals surface area contributed by atoms with Crippen molar-refractivity contribution in [3.05, 3.63) is 66.7 Å². The van der Waals surface area contributed by atoms with Gasteiger partial charge in [-0.25, -0.2) is 4.79 Å². The number of hydrogen-bond acceptors (Lipinski definition) is 4. The maximum atomic E-state index is 12.4. The van der Waals surface area contributed by atoms with E-state index in [-0.39, 0.29) is 6.03 Å². The van der Waals surface area contributed by atoms with Crippen LogP contribution in [0.3, 0.4) is 0 Å². The van der Waals surface area contributed by atoms with Gasteiger partial charge in [-0.2, -0.15) is 0 Å². The van der Waals surface area contributed by atoms with Crippen molar-refractivity contribution < 1.29 is 9.53 Å². The maximum Gasteiger partial charge on any atom is 0.331 e. The number of nitrogens with one attached hydrogen (secondary N) is 1. The minimum Gasteiger partial charge on any atom is -0.494 e. The van der Waals surface area contributed by atoms with E-state index in [0.717, 1.165) is 41.5 Å². The van der Waals surface area contributed by atoms with E-state index in [1.807, 2.05) is 66.7 Å².